The normalized spacial score (nSPS) is 22.1. The summed E-state index contributed by atoms with van der Waals surface area (Å²) < 4.78 is 54.9. The van der Waals surface area contributed by atoms with Crippen molar-refractivity contribution in [3.63, 3.8) is 0 Å². The maximum atomic E-state index is 16.2. The summed E-state index contributed by atoms with van der Waals surface area (Å²) in [5.74, 6) is -1.01. The predicted octanol–water partition coefficient (Wildman–Crippen LogP) is 5.27. The highest BCUT2D eigenvalue weighted by atomic mass is 19.4. The molecule has 11 heteroatoms. The van der Waals surface area contributed by atoms with Gasteiger partial charge >= 0.3 is 12.2 Å². The number of carbonyl (C=O) groups is 2. The van der Waals surface area contributed by atoms with E-state index in [0.29, 0.717) is 42.1 Å². The third-order valence-corrected chi connectivity index (χ3v) is 8.10. The van der Waals surface area contributed by atoms with E-state index in [2.05, 4.69) is 10.3 Å². The number of aromatic nitrogens is 1. The minimum Gasteiger partial charge on any atom is -0.384 e. The van der Waals surface area contributed by atoms with Crippen LogP contribution in [-0.2, 0) is 23.1 Å². The molecular weight excluding hydrogens is 528 g/mol. The fourth-order valence-corrected chi connectivity index (χ4v) is 5.80. The molecule has 0 spiro atoms. The summed E-state index contributed by atoms with van der Waals surface area (Å²) in [6, 6.07) is 9.13. The van der Waals surface area contributed by atoms with Crippen LogP contribution in [0.4, 0.5) is 28.0 Å². The first kappa shape index (κ1) is 28.0. The molecule has 2 fully saturated rings. The lowest BCUT2D eigenvalue weighted by Gasteiger charge is -2.50. The number of fused-ring (bicyclic) bond motifs is 1. The monoisotopic (exact) mass is 558 g/mol. The predicted molar refractivity (Wildman–Crippen MR) is 141 cm³/mol. The second-order valence-electron chi connectivity index (χ2n) is 11.2. The molecule has 7 nitrogen and oxygen atoms in total. The number of benzene rings is 2. The van der Waals surface area contributed by atoms with Gasteiger partial charge in [-0.2, -0.15) is 13.2 Å². The first-order valence-corrected chi connectivity index (χ1v) is 13.0. The lowest BCUT2D eigenvalue weighted by atomic mass is 9.66. The molecule has 0 radical (unpaired) electrons. The van der Waals surface area contributed by atoms with Crippen molar-refractivity contribution in [2.45, 2.75) is 51.9 Å². The number of halogens is 4. The van der Waals surface area contributed by atoms with Gasteiger partial charge in [-0.15, -0.1) is 0 Å². The standard InChI is InChI=1S/C29H30F4N4O3/c1-17-23(37-12-10-24(38)35-26(37)39)14-20-22(34-17)9-8-21(25(20)30)28(40)11-13-36(16-27(28,2)3)15-18-4-6-19(7-5-18)29(31,32)33/h4-9,14,40H,10-13,15-16H2,1-3H3,(H,35,38,39). The summed E-state index contributed by atoms with van der Waals surface area (Å²) in [7, 11) is 0. The number of imide groups is 1. The van der Waals surface area contributed by atoms with Crippen LogP contribution in [0.5, 0.6) is 0 Å². The molecule has 2 N–H and O–H groups in total. The quantitative estimate of drug-likeness (QED) is 0.427. The van der Waals surface area contributed by atoms with Crippen LogP contribution in [0.25, 0.3) is 10.9 Å². The average Bonchev–Trinajstić information content (AvgIpc) is 2.86. The van der Waals surface area contributed by atoms with Crippen LogP contribution in [-0.4, -0.2) is 46.6 Å². The van der Waals surface area contributed by atoms with E-state index < -0.39 is 34.6 Å². The Bertz CT molecular complexity index is 1490. The maximum absolute atomic E-state index is 16.2. The number of alkyl halides is 3. The highest BCUT2D eigenvalue weighted by Gasteiger charge is 2.50. The minimum atomic E-state index is -4.40. The molecule has 2 aliphatic heterocycles. The molecule has 0 aliphatic carbocycles. The topological polar surface area (TPSA) is 85.8 Å². The van der Waals surface area contributed by atoms with Gasteiger partial charge in [-0.3, -0.25) is 24.9 Å². The lowest BCUT2D eigenvalue weighted by molar-refractivity contribution is -0.137. The number of anilines is 1. The molecule has 1 unspecified atom stereocenters. The molecule has 1 atom stereocenters. The van der Waals surface area contributed by atoms with E-state index in [1.165, 1.54) is 23.1 Å². The maximum Gasteiger partial charge on any atom is 0.416 e. The molecule has 212 valence electrons. The second-order valence-corrected chi connectivity index (χ2v) is 11.2. The minimum absolute atomic E-state index is 0.114. The van der Waals surface area contributed by atoms with Gasteiger partial charge in [-0.25, -0.2) is 9.18 Å². The van der Waals surface area contributed by atoms with E-state index >= 15 is 4.39 Å². The summed E-state index contributed by atoms with van der Waals surface area (Å²) in [5.41, 5.74) is -0.985. The highest BCUT2D eigenvalue weighted by Crippen LogP contribution is 2.48. The van der Waals surface area contributed by atoms with Crippen molar-refractivity contribution in [3.05, 3.63) is 70.7 Å². The van der Waals surface area contributed by atoms with Crippen molar-refractivity contribution >= 4 is 28.5 Å². The molecular formula is C29H30F4N4O3. The Morgan fingerprint density at radius 3 is 2.40 bits per heavy atom. The van der Waals surface area contributed by atoms with Crippen LogP contribution in [0, 0.1) is 18.2 Å². The van der Waals surface area contributed by atoms with Crippen molar-refractivity contribution in [2.24, 2.45) is 5.41 Å². The number of rotatable bonds is 4. The molecule has 40 heavy (non-hydrogen) atoms. The first-order chi connectivity index (χ1) is 18.7. The van der Waals surface area contributed by atoms with Gasteiger partial charge in [0.1, 0.15) is 5.82 Å². The number of likely N-dealkylation sites (tertiary alicyclic amines) is 1. The molecule has 0 saturated carbocycles. The van der Waals surface area contributed by atoms with E-state index in [1.807, 2.05) is 18.7 Å². The van der Waals surface area contributed by atoms with Crippen LogP contribution in [0.15, 0.2) is 42.5 Å². The van der Waals surface area contributed by atoms with Crippen LogP contribution >= 0.6 is 0 Å². The Labute approximate surface area is 228 Å². The van der Waals surface area contributed by atoms with Crippen molar-refractivity contribution in [3.8, 4) is 0 Å². The average molecular weight is 559 g/mol. The first-order valence-electron chi connectivity index (χ1n) is 13.0. The van der Waals surface area contributed by atoms with Gasteiger partial charge in [-0.1, -0.05) is 32.0 Å². The number of urea groups is 1. The summed E-state index contributed by atoms with van der Waals surface area (Å²) in [4.78, 5) is 31.9. The van der Waals surface area contributed by atoms with Crippen LogP contribution in [0.2, 0.25) is 0 Å². The number of hydrogen-bond donors (Lipinski definition) is 2. The fraction of sp³-hybridized carbons (Fsp3) is 0.414. The third-order valence-electron chi connectivity index (χ3n) is 8.10. The summed E-state index contributed by atoms with van der Waals surface area (Å²) in [6.45, 7) is 6.69. The Morgan fingerprint density at radius 1 is 1.07 bits per heavy atom. The Morgan fingerprint density at radius 2 is 1.77 bits per heavy atom. The number of nitrogens with zero attached hydrogens (tertiary/aromatic N) is 3. The van der Waals surface area contributed by atoms with Gasteiger partial charge < -0.3 is 5.11 Å². The van der Waals surface area contributed by atoms with Gasteiger partial charge in [0, 0.05) is 49.0 Å². The number of nitrogens with one attached hydrogen (secondary N) is 1. The van der Waals surface area contributed by atoms with Crippen molar-refractivity contribution in [1.82, 2.24) is 15.2 Å². The summed E-state index contributed by atoms with van der Waals surface area (Å²) >= 11 is 0. The zero-order valence-electron chi connectivity index (χ0n) is 22.4. The zero-order chi connectivity index (χ0) is 29.0. The summed E-state index contributed by atoms with van der Waals surface area (Å²) in [6.07, 6.45) is -4.09. The molecule has 2 aliphatic rings. The lowest BCUT2D eigenvalue weighted by Crippen LogP contribution is -2.55. The molecule has 2 aromatic carbocycles. The molecule has 5 rings (SSSR count). The van der Waals surface area contributed by atoms with E-state index in [-0.39, 0.29) is 36.2 Å². The molecule has 3 amide bonds. The Hall–Kier alpha value is -3.57. The van der Waals surface area contributed by atoms with Crippen molar-refractivity contribution in [1.29, 1.82) is 0 Å². The second kappa shape index (κ2) is 9.81. The van der Waals surface area contributed by atoms with Crippen LogP contribution in [0.1, 0.15) is 49.1 Å². The molecule has 0 bridgehead atoms. The number of pyridine rings is 1. The van der Waals surface area contributed by atoms with E-state index in [1.54, 1.807) is 19.1 Å². The third kappa shape index (κ3) is 4.92. The van der Waals surface area contributed by atoms with E-state index in [4.69, 9.17) is 0 Å². The fourth-order valence-electron chi connectivity index (χ4n) is 5.80. The highest BCUT2D eigenvalue weighted by molar-refractivity contribution is 6.06. The molecule has 3 aromatic rings. The van der Waals surface area contributed by atoms with Gasteiger partial charge in [0.15, 0.2) is 0 Å². The molecule has 2 saturated heterocycles. The largest absolute Gasteiger partial charge is 0.416 e. The van der Waals surface area contributed by atoms with Crippen molar-refractivity contribution < 1.29 is 32.3 Å². The van der Waals surface area contributed by atoms with Gasteiger partial charge in [0.05, 0.1) is 28.1 Å². The van der Waals surface area contributed by atoms with E-state index in [0.717, 1.165) is 12.1 Å². The van der Waals surface area contributed by atoms with Gasteiger partial charge in [-0.05, 0) is 43.2 Å². The Kier molecular flexibility index (Phi) is 6.86. The number of piperidine rings is 1. The van der Waals surface area contributed by atoms with Crippen molar-refractivity contribution in [2.75, 3.05) is 24.5 Å². The Balaban J connectivity index is 1.42. The number of aryl methyl sites for hydroxylation is 1. The molecule has 1 aromatic heterocycles. The summed E-state index contributed by atoms with van der Waals surface area (Å²) in [5, 5.41) is 14.4. The van der Waals surface area contributed by atoms with Crippen LogP contribution < -0.4 is 10.2 Å². The molecule has 3 heterocycles. The number of amides is 3. The zero-order valence-corrected chi connectivity index (χ0v) is 22.4. The smallest absolute Gasteiger partial charge is 0.384 e. The van der Waals surface area contributed by atoms with Gasteiger partial charge in [0.25, 0.3) is 0 Å². The number of hydrogen-bond acceptors (Lipinski definition) is 5. The number of aliphatic hydroxyl groups is 1. The van der Waals surface area contributed by atoms with Gasteiger partial charge in [0.2, 0.25) is 5.91 Å². The van der Waals surface area contributed by atoms with E-state index in [9.17, 15) is 27.9 Å². The SMILES string of the molecule is Cc1nc2ccc(C3(O)CCN(Cc4ccc(C(F)(F)F)cc4)CC3(C)C)c(F)c2cc1N1CCC(=O)NC1=O. The van der Waals surface area contributed by atoms with Crippen LogP contribution in [0.3, 0.4) is 0 Å². The number of carbonyl (C=O) groups excluding carboxylic acids is 2.